The van der Waals surface area contributed by atoms with Gasteiger partial charge in [-0.1, -0.05) is 6.07 Å². The van der Waals surface area contributed by atoms with Gasteiger partial charge < -0.3 is 5.32 Å². The van der Waals surface area contributed by atoms with Gasteiger partial charge in [0.05, 0.1) is 10.3 Å². The lowest BCUT2D eigenvalue weighted by Gasteiger charge is -2.55. The average molecular weight is 362 g/mol. The number of hydrogen-bond acceptors (Lipinski definition) is 3. The van der Waals surface area contributed by atoms with Crippen molar-refractivity contribution in [3.63, 3.8) is 0 Å². The van der Waals surface area contributed by atoms with Crippen molar-refractivity contribution in [3.8, 4) is 0 Å². The predicted octanol–water partition coefficient (Wildman–Crippen LogP) is 3.06. The maximum Gasteiger partial charge on any atom is 0.240 e. The van der Waals surface area contributed by atoms with E-state index in [2.05, 4.69) is 10.0 Å². The first-order valence-electron chi connectivity index (χ1n) is 9.17. The summed E-state index contributed by atoms with van der Waals surface area (Å²) >= 11 is 0. The summed E-state index contributed by atoms with van der Waals surface area (Å²) < 4.78 is 26.7. The molecular weight excluding hydrogens is 336 g/mol. The first-order chi connectivity index (χ1) is 11.8. The van der Waals surface area contributed by atoms with Gasteiger partial charge in [-0.25, -0.2) is 13.1 Å². The van der Waals surface area contributed by atoms with E-state index in [9.17, 15) is 13.2 Å². The third kappa shape index (κ3) is 2.89. The van der Waals surface area contributed by atoms with Crippen LogP contribution in [0.5, 0.6) is 0 Å². The first-order valence-corrected chi connectivity index (χ1v) is 10.7. The minimum absolute atomic E-state index is 0.0864. The van der Waals surface area contributed by atoms with Crippen molar-refractivity contribution in [3.05, 3.63) is 23.8 Å². The molecular formula is C19H26N2O3S. The van der Waals surface area contributed by atoms with Crippen molar-refractivity contribution in [2.75, 3.05) is 12.4 Å². The van der Waals surface area contributed by atoms with Crippen LogP contribution in [0.4, 0.5) is 5.69 Å². The molecule has 5 nitrogen and oxygen atoms in total. The minimum Gasteiger partial charge on any atom is -0.326 e. The van der Waals surface area contributed by atoms with Crippen LogP contribution in [-0.2, 0) is 14.8 Å². The van der Waals surface area contributed by atoms with Gasteiger partial charge in [0.2, 0.25) is 15.9 Å². The molecule has 0 atom stereocenters. The third-order valence-corrected chi connectivity index (χ3v) is 8.08. The van der Waals surface area contributed by atoms with Crippen molar-refractivity contribution in [2.24, 2.45) is 23.2 Å². The normalized spacial score (nSPS) is 33.4. The monoisotopic (exact) mass is 362 g/mol. The van der Waals surface area contributed by atoms with E-state index in [0.29, 0.717) is 29.0 Å². The Labute approximate surface area is 149 Å². The predicted molar refractivity (Wildman–Crippen MR) is 96.7 cm³/mol. The lowest BCUT2D eigenvalue weighted by molar-refractivity contribution is -0.140. The second kappa shape index (κ2) is 5.81. The Morgan fingerprint density at radius 3 is 2.16 bits per heavy atom. The van der Waals surface area contributed by atoms with E-state index >= 15 is 0 Å². The van der Waals surface area contributed by atoms with Gasteiger partial charge in [-0.3, -0.25) is 4.79 Å². The molecule has 4 saturated carbocycles. The lowest BCUT2D eigenvalue weighted by Crippen LogP contribution is -2.51. The number of carbonyl (C=O) groups excluding carboxylic acids is 1. The summed E-state index contributed by atoms with van der Waals surface area (Å²) in [7, 11) is -2.14. The molecule has 5 rings (SSSR count). The molecule has 25 heavy (non-hydrogen) atoms. The molecule has 4 fully saturated rings. The van der Waals surface area contributed by atoms with E-state index in [-0.39, 0.29) is 16.2 Å². The smallest absolute Gasteiger partial charge is 0.240 e. The van der Waals surface area contributed by atoms with Crippen LogP contribution in [0.25, 0.3) is 0 Å². The second-order valence-electron chi connectivity index (χ2n) is 8.34. The summed E-state index contributed by atoms with van der Waals surface area (Å²) in [5.41, 5.74) is 1.00. The van der Waals surface area contributed by atoms with Gasteiger partial charge in [-0.05, 0) is 87.9 Å². The Morgan fingerprint density at radius 1 is 1.08 bits per heavy atom. The zero-order chi connectivity index (χ0) is 17.8. The fourth-order valence-electron chi connectivity index (χ4n) is 5.73. The number of carbonyl (C=O) groups is 1. The highest BCUT2D eigenvalue weighted by Gasteiger charge is 2.54. The van der Waals surface area contributed by atoms with E-state index in [1.165, 1.54) is 26.3 Å². The van der Waals surface area contributed by atoms with E-state index < -0.39 is 10.0 Å². The Kier molecular flexibility index (Phi) is 3.96. The molecule has 0 heterocycles. The quantitative estimate of drug-likeness (QED) is 0.864. The molecule has 0 aromatic heterocycles. The Bertz CT molecular complexity index is 781. The van der Waals surface area contributed by atoms with Crippen LogP contribution in [0.3, 0.4) is 0 Å². The van der Waals surface area contributed by atoms with Crippen LogP contribution < -0.4 is 10.0 Å². The minimum atomic E-state index is -3.53. The largest absolute Gasteiger partial charge is 0.326 e. The molecule has 0 radical (unpaired) electrons. The molecule has 4 aliphatic carbocycles. The number of hydrogen-bond donors (Lipinski definition) is 2. The number of rotatable bonds is 4. The summed E-state index contributed by atoms with van der Waals surface area (Å²) in [5, 5.41) is 3.03. The van der Waals surface area contributed by atoms with Gasteiger partial charge in [-0.2, -0.15) is 0 Å². The Hall–Kier alpha value is -1.40. The van der Waals surface area contributed by atoms with Crippen LogP contribution in [0, 0.1) is 30.1 Å². The van der Waals surface area contributed by atoms with Gasteiger partial charge in [0, 0.05) is 5.69 Å². The summed E-state index contributed by atoms with van der Waals surface area (Å²) in [4.78, 5) is 13.3. The molecule has 4 bridgehead atoms. The highest BCUT2D eigenvalue weighted by Crippen LogP contribution is 2.60. The number of anilines is 1. The van der Waals surface area contributed by atoms with Crippen molar-refractivity contribution in [2.45, 2.75) is 50.3 Å². The number of amides is 1. The summed E-state index contributed by atoms with van der Waals surface area (Å²) in [6.45, 7) is 1.76. The first kappa shape index (κ1) is 17.0. The molecule has 0 spiro atoms. The lowest BCUT2D eigenvalue weighted by atomic mass is 9.49. The van der Waals surface area contributed by atoms with Crippen molar-refractivity contribution in [1.82, 2.24) is 4.72 Å². The van der Waals surface area contributed by atoms with Crippen LogP contribution in [0.15, 0.2) is 23.1 Å². The molecule has 1 aromatic rings. The van der Waals surface area contributed by atoms with Crippen LogP contribution in [0.2, 0.25) is 0 Å². The Balaban J connectivity index is 1.59. The molecule has 0 aliphatic heterocycles. The number of sulfonamides is 1. The molecule has 1 aromatic carbocycles. The molecule has 0 saturated heterocycles. The van der Waals surface area contributed by atoms with Crippen LogP contribution in [-0.4, -0.2) is 21.4 Å². The zero-order valence-electron chi connectivity index (χ0n) is 14.8. The second-order valence-corrected chi connectivity index (χ2v) is 10.2. The summed E-state index contributed by atoms with van der Waals surface area (Å²) in [5.74, 6) is 2.20. The molecule has 0 unspecified atom stereocenters. The van der Waals surface area contributed by atoms with Crippen LogP contribution >= 0.6 is 0 Å². The van der Waals surface area contributed by atoms with E-state index in [1.54, 1.807) is 25.1 Å². The highest BCUT2D eigenvalue weighted by molar-refractivity contribution is 7.89. The molecule has 136 valence electrons. The number of benzene rings is 1. The summed E-state index contributed by atoms with van der Waals surface area (Å²) in [6.07, 6.45) is 6.87. The van der Waals surface area contributed by atoms with Gasteiger partial charge in [0.1, 0.15) is 0 Å². The van der Waals surface area contributed by atoms with Gasteiger partial charge in [-0.15, -0.1) is 0 Å². The SMILES string of the molecule is CNS(=O)(=O)c1cc(NC(=O)C23CC4CC(CC(C4)C2)C3)ccc1C. The van der Waals surface area contributed by atoms with Gasteiger partial charge in [0.15, 0.2) is 0 Å². The third-order valence-electron chi connectivity index (χ3n) is 6.52. The fraction of sp³-hybridized carbons (Fsp3) is 0.632. The van der Waals surface area contributed by atoms with Crippen molar-refractivity contribution >= 4 is 21.6 Å². The zero-order valence-corrected chi connectivity index (χ0v) is 15.7. The topological polar surface area (TPSA) is 75.3 Å². The number of nitrogens with one attached hydrogen (secondary N) is 2. The molecule has 1 amide bonds. The van der Waals surface area contributed by atoms with Crippen LogP contribution in [0.1, 0.15) is 44.1 Å². The van der Waals surface area contributed by atoms with Gasteiger partial charge in [0.25, 0.3) is 0 Å². The van der Waals surface area contributed by atoms with Crippen molar-refractivity contribution in [1.29, 1.82) is 0 Å². The average Bonchev–Trinajstić information content (AvgIpc) is 2.55. The van der Waals surface area contributed by atoms with Gasteiger partial charge >= 0.3 is 0 Å². The Morgan fingerprint density at radius 2 is 1.64 bits per heavy atom. The summed E-state index contributed by atoms with van der Waals surface area (Å²) in [6, 6.07) is 5.11. The molecule has 4 aliphatic rings. The maximum absolute atomic E-state index is 13.1. The molecule has 2 N–H and O–H groups in total. The van der Waals surface area contributed by atoms with E-state index in [0.717, 1.165) is 19.3 Å². The molecule has 6 heteroatoms. The number of aryl methyl sites for hydroxylation is 1. The van der Waals surface area contributed by atoms with E-state index in [4.69, 9.17) is 0 Å². The highest BCUT2D eigenvalue weighted by atomic mass is 32.2. The fourth-order valence-corrected chi connectivity index (χ4v) is 6.72. The van der Waals surface area contributed by atoms with E-state index in [1.807, 2.05) is 0 Å². The standard InChI is InChI=1S/C19H26N2O3S/c1-12-3-4-16(8-17(12)25(23,24)20-2)21-18(22)19-9-13-5-14(10-19)7-15(6-13)11-19/h3-4,8,13-15,20H,5-7,9-11H2,1-2H3,(H,21,22). The van der Waals surface area contributed by atoms with Crippen molar-refractivity contribution < 1.29 is 13.2 Å². The maximum atomic E-state index is 13.1.